The van der Waals surface area contributed by atoms with Crippen molar-refractivity contribution in [3.8, 4) is 0 Å². The molecule has 0 radical (unpaired) electrons. The number of hydrogen-bond acceptors (Lipinski definition) is 4. The Morgan fingerprint density at radius 2 is 1.72 bits per heavy atom. The number of carbonyl (C=O) groups excluding carboxylic acids is 1. The van der Waals surface area contributed by atoms with Crippen LogP contribution in [0.1, 0.15) is 30.9 Å². The molecule has 0 bridgehead atoms. The normalized spacial score (nSPS) is 12.3. The smallest absolute Gasteiger partial charge is 0.318 e. The zero-order chi connectivity index (χ0) is 17.8. The molecular formula is C21H20O4. The van der Waals surface area contributed by atoms with E-state index in [1.54, 1.807) is 24.3 Å². The van der Waals surface area contributed by atoms with Gasteiger partial charge in [0.05, 0.1) is 23.8 Å². The van der Waals surface area contributed by atoms with Crippen LogP contribution in [0.5, 0.6) is 0 Å². The minimum absolute atomic E-state index is 0.211. The summed E-state index contributed by atoms with van der Waals surface area (Å²) in [6, 6.07) is 16.2. The zero-order valence-corrected chi connectivity index (χ0v) is 14.3. The van der Waals surface area contributed by atoms with Gasteiger partial charge >= 0.3 is 5.97 Å². The Balaban J connectivity index is 2.10. The number of ether oxygens (including phenoxy) is 1. The first-order valence-corrected chi connectivity index (χ1v) is 8.30. The lowest BCUT2D eigenvalue weighted by Crippen LogP contribution is -2.24. The van der Waals surface area contributed by atoms with Gasteiger partial charge in [0.1, 0.15) is 11.5 Å². The third-order valence-corrected chi connectivity index (χ3v) is 3.95. The second kappa shape index (κ2) is 7.34. The molecule has 2 aromatic carbocycles. The van der Waals surface area contributed by atoms with Crippen LogP contribution in [-0.4, -0.2) is 12.6 Å². The summed E-state index contributed by atoms with van der Waals surface area (Å²) in [5.41, 5.74) is 1.29. The molecule has 0 fully saturated rings. The molecule has 0 spiro atoms. The number of rotatable bonds is 5. The number of esters is 1. The molecule has 0 saturated heterocycles. The average Bonchev–Trinajstić information content (AvgIpc) is 2.63. The molecule has 0 aliphatic carbocycles. The molecule has 0 unspecified atom stereocenters. The van der Waals surface area contributed by atoms with Crippen LogP contribution < -0.4 is 5.43 Å². The molecule has 3 aromatic rings. The molecule has 0 amide bonds. The highest BCUT2D eigenvalue weighted by Crippen LogP contribution is 2.26. The predicted octanol–water partition coefficient (Wildman–Crippen LogP) is 4.12. The van der Waals surface area contributed by atoms with Crippen LogP contribution in [-0.2, 0) is 9.53 Å². The maximum Gasteiger partial charge on any atom is 0.318 e. The van der Waals surface area contributed by atoms with E-state index < -0.39 is 11.9 Å². The molecule has 1 atom stereocenters. The first kappa shape index (κ1) is 17.0. The molecule has 1 heterocycles. The lowest BCUT2D eigenvalue weighted by molar-refractivity contribution is -0.145. The largest absolute Gasteiger partial charge is 0.465 e. The van der Waals surface area contributed by atoms with Crippen molar-refractivity contribution in [2.75, 3.05) is 6.61 Å². The fourth-order valence-corrected chi connectivity index (χ4v) is 2.71. The van der Waals surface area contributed by atoms with Crippen LogP contribution >= 0.6 is 0 Å². The van der Waals surface area contributed by atoms with Gasteiger partial charge in [0, 0.05) is 0 Å². The number of fused-ring (bicyclic) bond motifs is 1. The Kier molecular flexibility index (Phi) is 4.98. The SMILES string of the molecule is CC(C)COC(=O)[C@H](c1ccccc1)c1coc2ccccc2c1=O. The maximum absolute atomic E-state index is 12.9. The fraction of sp³-hybridized carbons (Fsp3) is 0.238. The van der Waals surface area contributed by atoms with E-state index in [2.05, 4.69) is 0 Å². The van der Waals surface area contributed by atoms with Crippen LogP contribution in [0.4, 0.5) is 0 Å². The fourth-order valence-electron chi connectivity index (χ4n) is 2.71. The van der Waals surface area contributed by atoms with Crippen LogP contribution in [0.25, 0.3) is 11.0 Å². The molecule has 128 valence electrons. The molecule has 25 heavy (non-hydrogen) atoms. The number of carbonyl (C=O) groups is 1. The summed E-state index contributed by atoms with van der Waals surface area (Å²) < 4.78 is 11.0. The van der Waals surface area contributed by atoms with Crippen molar-refractivity contribution >= 4 is 16.9 Å². The van der Waals surface area contributed by atoms with Crippen molar-refractivity contribution in [2.24, 2.45) is 5.92 Å². The first-order chi connectivity index (χ1) is 12.1. The van der Waals surface area contributed by atoms with Crippen molar-refractivity contribution in [1.82, 2.24) is 0 Å². The van der Waals surface area contributed by atoms with E-state index in [0.29, 0.717) is 28.7 Å². The van der Waals surface area contributed by atoms with Crippen LogP contribution in [0.15, 0.2) is 70.1 Å². The van der Waals surface area contributed by atoms with Gasteiger partial charge in [-0.2, -0.15) is 0 Å². The summed E-state index contributed by atoms with van der Waals surface area (Å²) in [5.74, 6) is -1.03. The summed E-state index contributed by atoms with van der Waals surface area (Å²) in [5, 5.41) is 0.456. The van der Waals surface area contributed by atoms with Gasteiger partial charge in [0.2, 0.25) is 0 Å². The Bertz CT molecular complexity index is 925. The van der Waals surface area contributed by atoms with E-state index in [4.69, 9.17) is 9.15 Å². The first-order valence-electron chi connectivity index (χ1n) is 8.30. The third kappa shape index (κ3) is 3.63. The monoisotopic (exact) mass is 336 g/mol. The Hall–Kier alpha value is -2.88. The van der Waals surface area contributed by atoms with Crippen LogP contribution in [0.3, 0.4) is 0 Å². The van der Waals surface area contributed by atoms with Crippen molar-refractivity contribution in [3.05, 3.63) is 82.2 Å². The summed E-state index contributed by atoms with van der Waals surface area (Å²) in [4.78, 5) is 25.7. The summed E-state index contributed by atoms with van der Waals surface area (Å²) in [7, 11) is 0. The van der Waals surface area contributed by atoms with Gasteiger partial charge in [-0.25, -0.2) is 0 Å². The third-order valence-electron chi connectivity index (χ3n) is 3.95. The van der Waals surface area contributed by atoms with Crippen molar-refractivity contribution in [2.45, 2.75) is 19.8 Å². The van der Waals surface area contributed by atoms with E-state index in [0.717, 1.165) is 0 Å². The second-order valence-electron chi connectivity index (χ2n) is 6.38. The minimum atomic E-state index is -0.805. The lowest BCUT2D eigenvalue weighted by Gasteiger charge is -2.17. The zero-order valence-electron chi connectivity index (χ0n) is 14.3. The van der Waals surface area contributed by atoms with E-state index in [9.17, 15) is 9.59 Å². The molecule has 0 aliphatic heterocycles. The molecule has 0 N–H and O–H groups in total. The van der Waals surface area contributed by atoms with Crippen molar-refractivity contribution in [3.63, 3.8) is 0 Å². The highest BCUT2D eigenvalue weighted by atomic mass is 16.5. The van der Waals surface area contributed by atoms with Gasteiger partial charge in [-0.05, 0) is 23.6 Å². The van der Waals surface area contributed by atoms with Gasteiger partial charge in [0.15, 0.2) is 5.43 Å². The Morgan fingerprint density at radius 1 is 1.04 bits per heavy atom. The average molecular weight is 336 g/mol. The number of para-hydroxylation sites is 1. The molecule has 1 aromatic heterocycles. The van der Waals surface area contributed by atoms with Gasteiger partial charge in [-0.1, -0.05) is 56.3 Å². The molecule has 4 nitrogen and oxygen atoms in total. The molecule has 4 heteroatoms. The number of hydrogen-bond donors (Lipinski definition) is 0. The molecule has 3 rings (SSSR count). The Labute approximate surface area is 146 Å². The van der Waals surface area contributed by atoms with Crippen LogP contribution in [0.2, 0.25) is 0 Å². The topological polar surface area (TPSA) is 56.5 Å². The van der Waals surface area contributed by atoms with E-state index >= 15 is 0 Å². The molecule has 0 saturated carbocycles. The lowest BCUT2D eigenvalue weighted by atomic mass is 9.91. The van der Waals surface area contributed by atoms with E-state index in [1.807, 2.05) is 44.2 Å². The minimum Gasteiger partial charge on any atom is -0.465 e. The predicted molar refractivity (Wildman–Crippen MR) is 96.6 cm³/mol. The second-order valence-corrected chi connectivity index (χ2v) is 6.38. The standard InChI is InChI=1S/C21H20O4/c1-14(2)12-25-21(23)19(15-8-4-3-5-9-15)17-13-24-18-11-7-6-10-16(18)20(17)22/h3-11,13-14,19H,12H2,1-2H3/t19-/m1/s1. The van der Waals surface area contributed by atoms with Gasteiger partial charge in [0.25, 0.3) is 0 Å². The van der Waals surface area contributed by atoms with E-state index in [1.165, 1.54) is 6.26 Å². The summed E-state index contributed by atoms with van der Waals surface area (Å²) >= 11 is 0. The van der Waals surface area contributed by atoms with Gasteiger partial charge in [-0.15, -0.1) is 0 Å². The van der Waals surface area contributed by atoms with E-state index in [-0.39, 0.29) is 11.3 Å². The molecular weight excluding hydrogens is 316 g/mol. The number of benzene rings is 2. The maximum atomic E-state index is 12.9. The summed E-state index contributed by atoms with van der Waals surface area (Å²) in [6.45, 7) is 4.24. The highest BCUT2D eigenvalue weighted by molar-refractivity contribution is 5.84. The summed E-state index contributed by atoms with van der Waals surface area (Å²) in [6.07, 6.45) is 1.37. The van der Waals surface area contributed by atoms with Gasteiger partial charge < -0.3 is 9.15 Å². The Morgan fingerprint density at radius 3 is 2.44 bits per heavy atom. The van der Waals surface area contributed by atoms with Gasteiger partial charge in [-0.3, -0.25) is 9.59 Å². The van der Waals surface area contributed by atoms with Crippen LogP contribution in [0, 0.1) is 5.92 Å². The highest BCUT2D eigenvalue weighted by Gasteiger charge is 2.28. The van der Waals surface area contributed by atoms with Crippen molar-refractivity contribution < 1.29 is 13.9 Å². The molecule has 0 aliphatic rings. The quantitative estimate of drug-likeness (QED) is 0.658. The van der Waals surface area contributed by atoms with Crippen molar-refractivity contribution in [1.29, 1.82) is 0 Å².